The van der Waals surface area contributed by atoms with Crippen LogP contribution in [0.1, 0.15) is 18.9 Å². The number of aliphatic hydroxyl groups is 1. The van der Waals surface area contributed by atoms with Crippen LogP contribution in [0.4, 0.5) is 0 Å². The maximum Gasteiger partial charge on any atom is 0.0622 e. The smallest absolute Gasteiger partial charge is 0.0622 e. The highest BCUT2D eigenvalue weighted by atomic mass is 35.5. The van der Waals surface area contributed by atoms with Gasteiger partial charge in [-0.1, -0.05) is 18.5 Å². The lowest BCUT2D eigenvalue weighted by Gasteiger charge is -2.10. The van der Waals surface area contributed by atoms with Crippen LogP contribution in [0.2, 0.25) is 5.02 Å². The number of pyridine rings is 1. The van der Waals surface area contributed by atoms with Gasteiger partial charge in [0.2, 0.25) is 0 Å². The predicted octanol–water partition coefficient (Wildman–Crippen LogP) is 2.29. The quantitative estimate of drug-likeness (QED) is 0.833. The molecule has 1 saturated carbocycles. The zero-order chi connectivity index (χ0) is 10.1. The molecule has 1 aliphatic rings. The van der Waals surface area contributed by atoms with Crippen LogP contribution in [0, 0.1) is 11.8 Å². The summed E-state index contributed by atoms with van der Waals surface area (Å²) in [7, 11) is 0. The molecule has 2 nitrogen and oxygen atoms in total. The molecular formula is C11H14ClNO. The molecular weight excluding hydrogens is 198 g/mol. The number of halogens is 1. The van der Waals surface area contributed by atoms with Crippen LogP contribution < -0.4 is 0 Å². The van der Waals surface area contributed by atoms with E-state index in [0.29, 0.717) is 23.3 Å². The summed E-state index contributed by atoms with van der Waals surface area (Å²) in [6.07, 6.45) is 4.88. The van der Waals surface area contributed by atoms with Crippen LogP contribution in [0.5, 0.6) is 0 Å². The van der Waals surface area contributed by atoms with E-state index in [-0.39, 0.29) is 6.10 Å². The zero-order valence-electron chi connectivity index (χ0n) is 8.15. The Kier molecular flexibility index (Phi) is 2.75. The average Bonchev–Trinajstić information content (AvgIpc) is 2.87. The van der Waals surface area contributed by atoms with Crippen molar-refractivity contribution in [3.05, 3.63) is 29.0 Å². The monoisotopic (exact) mass is 211 g/mol. The predicted molar refractivity (Wildman–Crippen MR) is 56.2 cm³/mol. The van der Waals surface area contributed by atoms with Gasteiger partial charge in [-0.05, 0) is 29.9 Å². The minimum Gasteiger partial charge on any atom is -0.392 e. The van der Waals surface area contributed by atoms with Crippen molar-refractivity contribution < 1.29 is 5.11 Å². The van der Waals surface area contributed by atoms with E-state index in [4.69, 9.17) is 11.6 Å². The van der Waals surface area contributed by atoms with E-state index >= 15 is 0 Å². The molecule has 2 rings (SSSR count). The first-order chi connectivity index (χ1) is 6.68. The molecule has 76 valence electrons. The van der Waals surface area contributed by atoms with Crippen molar-refractivity contribution in [3.8, 4) is 0 Å². The van der Waals surface area contributed by atoms with E-state index in [1.807, 2.05) is 6.07 Å². The molecule has 1 fully saturated rings. The van der Waals surface area contributed by atoms with Gasteiger partial charge in [0.1, 0.15) is 0 Å². The van der Waals surface area contributed by atoms with E-state index < -0.39 is 0 Å². The second-order valence-electron chi connectivity index (χ2n) is 4.12. The Hall–Kier alpha value is -0.600. The summed E-state index contributed by atoms with van der Waals surface area (Å²) in [5, 5.41) is 10.5. The Bertz CT molecular complexity index is 329. The summed E-state index contributed by atoms with van der Waals surface area (Å²) in [6.45, 7) is 2.17. The van der Waals surface area contributed by atoms with Gasteiger partial charge in [0.25, 0.3) is 0 Å². The average molecular weight is 212 g/mol. The molecule has 0 radical (unpaired) electrons. The van der Waals surface area contributed by atoms with E-state index in [1.165, 1.54) is 0 Å². The van der Waals surface area contributed by atoms with Crippen molar-refractivity contribution in [1.29, 1.82) is 0 Å². The minimum absolute atomic E-state index is 0.245. The summed E-state index contributed by atoms with van der Waals surface area (Å²) in [4.78, 5) is 3.91. The molecule has 3 unspecified atom stereocenters. The first-order valence-corrected chi connectivity index (χ1v) is 5.32. The zero-order valence-corrected chi connectivity index (χ0v) is 8.91. The molecule has 1 aromatic rings. The molecule has 0 spiro atoms. The van der Waals surface area contributed by atoms with E-state index in [1.54, 1.807) is 12.4 Å². The van der Waals surface area contributed by atoms with Crippen molar-refractivity contribution in [2.75, 3.05) is 0 Å². The molecule has 3 atom stereocenters. The third-order valence-electron chi connectivity index (χ3n) is 2.95. The molecule has 1 N–H and O–H groups in total. The molecule has 0 bridgehead atoms. The van der Waals surface area contributed by atoms with E-state index in [0.717, 1.165) is 12.0 Å². The highest BCUT2D eigenvalue weighted by Gasteiger charge is 2.38. The van der Waals surface area contributed by atoms with Crippen molar-refractivity contribution in [3.63, 3.8) is 0 Å². The van der Waals surface area contributed by atoms with Crippen molar-refractivity contribution >= 4 is 11.6 Å². The largest absolute Gasteiger partial charge is 0.392 e. The van der Waals surface area contributed by atoms with Gasteiger partial charge in [0, 0.05) is 18.8 Å². The summed E-state index contributed by atoms with van der Waals surface area (Å²) < 4.78 is 0. The van der Waals surface area contributed by atoms with Crippen molar-refractivity contribution in [2.24, 2.45) is 11.8 Å². The molecule has 0 aromatic carbocycles. The molecule has 1 heterocycles. The first kappa shape index (κ1) is 9.94. The fourth-order valence-electron chi connectivity index (χ4n) is 1.83. The number of hydrogen-bond acceptors (Lipinski definition) is 2. The number of aromatic nitrogens is 1. The SMILES string of the molecule is CC1CC1C(O)Cc1ccncc1Cl. The standard InChI is InChI=1S/C11H14ClNO/c1-7-4-9(7)11(14)5-8-2-3-13-6-10(8)12/h2-3,6-7,9,11,14H,4-5H2,1H3. The minimum atomic E-state index is -0.245. The lowest BCUT2D eigenvalue weighted by Crippen LogP contribution is -2.14. The van der Waals surface area contributed by atoms with Gasteiger partial charge in [-0.2, -0.15) is 0 Å². The number of nitrogens with zero attached hydrogens (tertiary/aromatic N) is 1. The maximum atomic E-state index is 9.86. The Morgan fingerprint density at radius 1 is 1.71 bits per heavy atom. The molecule has 1 aliphatic carbocycles. The highest BCUT2D eigenvalue weighted by Crippen LogP contribution is 2.41. The maximum absolute atomic E-state index is 9.86. The first-order valence-electron chi connectivity index (χ1n) is 4.95. The second-order valence-corrected chi connectivity index (χ2v) is 4.52. The molecule has 3 heteroatoms. The Morgan fingerprint density at radius 3 is 3.00 bits per heavy atom. The summed E-state index contributed by atoms with van der Waals surface area (Å²) in [6, 6.07) is 1.87. The van der Waals surface area contributed by atoms with Crippen molar-refractivity contribution in [1.82, 2.24) is 4.98 Å². The van der Waals surface area contributed by atoms with Gasteiger partial charge < -0.3 is 5.11 Å². The fourth-order valence-corrected chi connectivity index (χ4v) is 2.03. The molecule has 0 amide bonds. The number of hydrogen-bond donors (Lipinski definition) is 1. The van der Waals surface area contributed by atoms with E-state index in [2.05, 4.69) is 11.9 Å². The van der Waals surface area contributed by atoms with Crippen LogP contribution in [0.15, 0.2) is 18.5 Å². The van der Waals surface area contributed by atoms with Crippen LogP contribution in [-0.2, 0) is 6.42 Å². The third-order valence-corrected chi connectivity index (χ3v) is 3.29. The fraction of sp³-hybridized carbons (Fsp3) is 0.545. The van der Waals surface area contributed by atoms with Gasteiger partial charge in [-0.15, -0.1) is 0 Å². The topological polar surface area (TPSA) is 33.1 Å². The van der Waals surface area contributed by atoms with Crippen LogP contribution in [-0.4, -0.2) is 16.2 Å². The van der Waals surface area contributed by atoms with Gasteiger partial charge in [0.05, 0.1) is 11.1 Å². The molecule has 0 saturated heterocycles. The second kappa shape index (κ2) is 3.87. The Balaban J connectivity index is 2.00. The normalized spacial score (nSPS) is 27.4. The van der Waals surface area contributed by atoms with Gasteiger partial charge in [-0.25, -0.2) is 0 Å². The van der Waals surface area contributed by atoms with Gasteiger partial charge in [0.15, 0.2) is 0 Å². The number of aliphatic hydroxyl groups excluding tert-OH is 1. The van der Waals surface area contributed by atoms with Crippen molar-refractivity contribution in [2.45, 2.75) is 25.9 Å². The number of rotatable bonds is 3. The summed E-state index contributed by atoms with van der Waals surface area (Å²) in [5.41, 5.74) is 0.994. The third kappa shape index (κ3) is 2.07. The lowest BCUT2D eigenvalue weighted by molar-refractivity contribution is 0.146. The Labute approximate surface area is 88.9 Å². The van der Waals surface area contributed by atoms with Crippen LogP contribution in [0.3, 0.4) is 0 Å². The van der Waals surface area contributed by atoms with Crippen LogP contribution in [0.25, 0.3) is 0 Å². The molecule has 14 heavy (non-hydrogen) atoms. The summed E-state index contributed by atoms with van der Waals surface area (Å²) in [5.74, 6) is 1.14. The van der Waals surface area contributed by atoms with E-state index in [9.17, 15) is 5.11 Å². The van der Waals surface area contributed by atoms with Gasteiger partial charge >= 0.3 is 0 Å². The van der Waals surface area contributed by atoms with Crippen LogP contribution >= 0.6 is 11.6 Å². The molecule has 0 aliphatic heterocycles. The Morgan fingerprint density at radius 2 is 2.43 bits per heavy atom. The highest BCUT2D eigenvalue weighted by molar-refractivity contribution is 6.31. The summed E-state index contributed by atoms with van der Waals surface area (Å²) >= 11 is 5.96. The van der Waals surface area contributed by atoms with Gasteiger partial charge in [-0.3, -0.25) is 4.98 Å². The molecule has 1 aromatic heterocycles. The lowest BCUT2D eigenvalue weighted by atomic mass is 10.1.